The Bertz CT molecular complexity index is 736. The van der Waals surface area contributed by atoms with E-state index in [1.165, 1.54) is 0 Å². The second-order valence-electron chi connectivity index (χ2n) is 4.79. The molecule has 9 heteroatoms. The Balaban J connectivity index is 0.000000251. The third kappa shape index (κ3) is 6.75. The molecule has 1 amide bonds. The van der Waals surface area contributed by atoms with Crippen molar-refractivity contribution in [1.29, 1.82) is 0 Å². The number of anilines is 4. The minimum atomic E-state index is -0.323. The quantitative estimate of drug-likeness (QED) is 0.306. The van der Waals surface area contributed by atoms with Crippen LogP contribution in [0, 0.1) is 0 Å². The lowest BCUT2D eigenvalue weighted by Gasteiger charge is -2.04. The molecule has 0 saturated carbocycles. The number of para-hydroxylation sites is 2. The molecule has 0 radical (unpaired) electrons. The van der Waals surface area contributed by atoms with Crippen LogP contribution < -0.4 is 33.0 Å². The van der Waals surface area contributed by atoms with Gasteiger partial charge in [-0.2, -0.15) is 0 Å². The van der Waals surface area contributed by atoms with Crippen molar-refractivity contribution in [3.63, 3.8) is 0 Å². The van der Waals surface area contributed by atoms with Crippen LogP contribution in [0.15, 0.2) is 36.4 Å². The standard InChI is InChI=1S/C9H11NO2.C7H11N5O/c1-2-9(11)12-8-6-4-3-5-7(8)10;8-3-6(13)11-5-2-1-4(9)7(10)12-5/h3-6H,2,10H2,1H3;1-2H,3,8-9H2,(H3,10,11,12,13). The van der Waals surface area contributed by atoms with Crippen LogP contribution in [0.3, 0.4) is 0 Å². The van der Waals surface area contributed by atoms with E-state index in [2.05, 4.69) is 10.3 Å². The normalized spacial score (nSPS) is 9.52. The second-order valence-corrected chi connectivity index (χ2v) is 4.79. The van der Waals surface area contributed by atoms with Crippen LogP contribution in [0.4, 0.5) is 23.0 Å². The molecule has 0 bridgehead atoms. The SMILES string of the molecule is CCC(=O)Oc1ccccc1N.NCC(=O)Nc1ccc(N)c(N)n1. The summed E-state index contributed by atoms with van der Waals surface area (Å²) in [6.07, 6.45) is 0.355. The first-order chi connectivity index (χ1) is 11.9. The monoisotopic (exact) mass is 346 g/mol. The zero-order chi connectivity index (χ0) is 18.8. The number of esters is 1. The topological polar surface area (TPSA) is 172 Å². The number of amides is 1. The molecule has 9 nitrogen and oxygen atoms in total. The van der Waals surface area contributed by atoms with Crippen molar-refractivity contribution in [2.75, 3.05) is 29.1 Å². The van der Waals surface area contributed by atoms with E-state index in [4.69, 9.17) is 27.7 Å². The van der Waals surface area contributed by atoms with Crippen LogP contribution in [0.2, 0.25) is 0 Å². The maximum absolute atomic E-state index is 10.9. The molecule has 0 atom stereocenters. The van der Waals surface area contributed by atoms with Gasteiger partial charge in [-0.25, -0.2) is 4.98 Å². The van der Waals surface area contributed by atoms with Gasteiger partial charge in [0.15, 0.2) is 5.75 Å². The van der Waals surface area contributed by atoms with Gasteiger partial charge in [0.1, 0.15) is 11.6 Å². The molecule has 134 valence electrons. The van der Waals surface area contributed by atoms with Gasteiger partial charge in [-0.1, -0.05) is 19.1 Å². The molecule has 9 N–H and O–H groups in total. The molecular formula is C16H22N6O3. The van der Waals surface area contributed by atoms with Crippen LogP contribution >= 0.6 is 0 Å². The summed E-state index contributed by atoms with van der Waals surface area (Å²) in [5.41, 5.74) is 22.4. The Labute approximate surface area is 145 Å². The summed E-state index contributed by atoms with van der Waals surface area (Å²) in [5.74, 6) is 0.380. The van der Waals surface area contributed by atoms with Crippen LogP contribution in [0.1, 0.15) is 13.3 Å². The molecule has 0 aliphatic carbocycles. The van der Waals surface area contributed by atoms with E-state index in [9.17, 15) is 9.59 Å². The third-order valence-corrected chi connectivity index (χ3v) is 2.84. The Morgan fingerprint density at radius 3 is 2.32 bits per heavy atom. The molecule has 0 aliphatic heterocycles. The smallest absolute Gasteiger partial charge is 0.310 e. The average Bonchev–Trinajstić information content (AvgIpc) is 2.60. The van der Waals surface area contributed by atoms with Crippen LogP contribution in [-0.2, 0) is 9.59 Å². The van der Waals surface area contributed by atoms with Crippen molar-refractivity contribution in [2.45, 2.75) is 13.3 Å². The fourth-order valence-corrected chi connectivity index (χ4v) is 1.52. The largest absolute Gasteiger partial charge is 0.424 e. The van der Waals surface area contributed by atoms with Gasteiger partial charge in [0.05, 0.1) is 17.9 Å². The summed E-state index contributed by atoms with van der Waals surface area (Å²) in [6, 6.07) is 10.0. The highest BCUT2D eigenvalue weighted by molar-refractivity contribution is 5.91. The molecule has 25 heavy (non-hydrogen) atoms. The number of carbonyl (C=O) groups excluding carboxylic acids is 2. The Morgan fingerprint density at radius 2 is 1.76 bits per heavy atom. The van der Waals surface area contributed by atoms with Gasteiger partial charge in [-0.15, -0.1) is 0 Å². The van der Waals surface area contributed by atoms with Crippen molar-refractivity contribution < 1.29 is 14.3 Å². The number of nitrogens with zero attached hydrogens (tertiary/aromatic N) is 1. The van der Waals surface area contributed by atoms with Gasteiger partial charge in [0, 0.05) is 6.42 Å². The maximum Gasteiger partial charge on any atom is 0.310 e. The fraction of sp³-hybridized carbons (Fsp3) is 0.188. The Kier molecular flexibility index (Phi) is 7.67. The summed E-state index contributed by atoms with van der Waals surface area (Å²) in [7, 11) is 0. The number of carbonyl (C=O) groups is 2. The first kappa shape index (κ1) is 19.7. The summed E-state index contributed by atoms with van der Waals surface area (Å²) in [5, 5.41) is 2.45. The minimum absolute atomic E-state index is 0.0913. The molecule has 0 fully saturated rings. The van der Waals surface area contributed by atoms with Crippen molar-refractivity contribution in [3.05, 3.63) is 36.4 Å². The summed E-state index contributed by atoms with van der Waals surface area (Å²) >= 11 is 0. The van der Waals surface area contributed by atoms with E-state index < -0.39 is 0 Å². The lowest BCUT2D eigenvalue weighted by atomic mass is 10.3. The summed E-state index contributed by atoms with van der Waals surface area (Å²) < 4.78 is 4.93. The average molecular weight is 346 g/mol. The molecule has 2 rings (SSSR count). The summed E-state index contributed by atoms with van der Waals surface area (Å²) in [4.78, 5) is 25.5. The van der Waals surface area contributed by atoms with Crippen molar-refractivity contribution in [3.8, 4) is 5.75 Å². The van der Waals surface area contributed by atoms with Crippen LogP contribution in [0.5, 0.6) is 5.75 Å². The number of rotatable bonds is 4. The van der Waals surface area contributed by atoms with Crippen molar-refractivity contribution >= 4 is 34.9 Å². The van der Waals surface area contributed by atoms with Crippen molar-refractivity contribution in [2.24, 2.45) is 5.73 Å². The van der Waals surface area contributed by atoms with Gasteiger partial charge in [0.25, 0.3) is 0 Å². The van der Waals surface area contributed by atoms with E-state index in [0.29, 0.717) is 29.4 Å². The highest BCUT2D eigenvalue weighted by Crippen LogP contribution is 2.19. The van der Waals surface area contributed by atoms with E-state index in [1.54, 1.807) is 43.3 Å². The summed E-state index contributed by atoms with van der Waals surface area (Å²) in [6.45, 7) is 1.65. The maximum atomic E-state index is 10.9. The van der Waals surface area contributed by atoms with Crippen LogP contribution in [-0.4, -0.2) is 23.4 Å². The molecular weight excluding hydrogens is 324 g/mol. The first-order valence-electron chi connectivity index (χ1n) is 7.44. The molecule has 1 aromatic carbocycles. The Hall–Kier alpha value is -3.33. The van der Waals surface area contributed by atoms with Gasteiger partial charge >= 0.3 is 5.97 Å². The van der Waals surface area contributed by atoms with Gasteiger partial charge in [-0.3, -0.25) is 9.59 Å². The minimum Gasteiger partial charge on any atom is -0.424 e. The van der Waals surface area contributed by atoms with Crippen LogP contribution in [0.25, 0.3) is 0 Å². The lowest BCUT2D eigenvalue weighted by molar-refractivity contribution is -0.134. The zero-order valence-corrected chi connectivity index (χ0v) is 13.9. The van der Waals surface area contributed by atoms with E-state index >= 15 is 0 Å². The van der Waals surface area contributed by atoms with Crippen molar-refractivity contribution in [1.82, 2.24) is 4.98 Å². The van der Waals surface area contributed by atoms with Gasteiger partial charge in [0.2, 0.25) is 5.91 Å². The first-order valence-corrected chi connectivity index (χ1v) is 7.44. The predicted molar refractivity (Wildman–Crippen MR) is 97.5 cm³/mol. The number of aromatic nitrogens is 1. The number of ether oxygens (including phenoxy) is 1. The lowest BCUT2D eigenvalue weighted by Crippen LogP contribution is -2.22. The molecule has 0 saturated heterocycles. The number of hydrogen-bond acceptors (Lipinski definition) is 8. The number of hydrogen-bond donors (Lipinski definition) is 5. The molecule has 1 heterocycles. The molecule has 1 aromatic heterocycles. The number of nitrogens with one attached hydrogen (secondary N) is 1. The zero-order valence-electron chi connectivity index (χ0n) is 13.9. The van der Waals surface area contributed by atoms with E-state index in [-0.39, 0.29) is 24.2 Å². The molecule has 2 aromatic rings. The molecule has 0 unspecified atom stereocenters. The predicted octanol–water partition coefficient (Wildman–Crippen LogP) is 0.727. The second kappa shape index (κ2) is 9.73. The Morgan fingerprint density at radius 1 is 1.08 bits per heavy atom. The highest BCUT2D eigenvalue weighted by Gasteiger charge is 2.03. The number of benzene rings is 1. The van der Waals surface area contributed by atoms with Gasteiger partial charge in [-0.05, 0) is 24.3 Å². The fourth-order valence-electron chi connectivity index (χ4n) is 1.52. The number of pyridine rings is 1. The molecule has 0 aliphatic rings. The van der Waals surface area contributed by atoms with E-state index in [0.717, 1.165) is 0 Å². The van der Waals surface area contributed by atoms with E-state index in [1.807, 2.05) is 0 Å². The highest BCUT2D eigenvalue weighted by atomic mass is 16.5. The number of nitrogen functional groups attached to an aromatic ring is 3. The van der Waals surface area contributed by atoms with Gasteiger partial charge < -0.3 is 33.0 Å². The third-order valence-electron chi connectivity index (χ3n) is 2.84. The number of nitrogens with two attached hydrogens (primary N) is 4. The molecule has 0 spiro atoms.